The molecule has 0 aliphatic heterocycles. The molecule has 5 atom stereocenters. The lowest BCUT2D eigenvalue weighted by Crippen LogP contribution is -2.52. The zero-order chi connectivity index (χ0) is 20.6. The van der Waals surface area contributed by atoms with Crippen molar-refractivity contribution in [3.63, 3.8) is 0 Å². The van der Waals surface area contributed by atoms with Crippen LogP contribution >= 0.6 is 0 Å². The summed E-state index contributed by atoms with van der Waals surface area (Å²) in [5, 5.41) is 3.33. The molecule has 0 radical (unpaired) electrons. The highest BCUT2D eigenvalue weighted by atomic mass is 16.5. The predicted octanol–water partition coefficient (Wildman–Crippen LogP) is 5.31. The van der Waals surface area contributed by atoms with Crippen molar-refractivity contribution in [2.24, 2.45) is 22.7 Å². The van der Waals surface area contributed by atoms with Crippen LogP contribution < -0.4 is 5.32 Å². The largest absolute Gasteiger partial charge is 0.461 e. The number of rotatable bonds is 3. The second kappa shape index (κ2) is 8.07. The summed E-state index contributed by atoms with van der Waals surface area (Å²) in [4.78, 5) is 25.8. The van der Waals surface area contributed by atoms with E-state index in [1.807, 2.05) is 20.8 Å². The molecule has 1 amide bonds. The summed E-state index contributed by atoms with van der Waals surface area (Å²) >= 11 is 0. The number of esters is 1. The lowest BCUT2D eigenvalue weighted by atomic mass is 9.74. The SMILES string of the molecule is CC(C)(C)C(=O)N[C@@H]1CCC[C@@]12CCC[C@H]2OC(=O)[C@H]1CC=C2CCCCC2C1. The molecule has 1 unspecified atom stereocenters. The van der Waals surface area contributed by atoms with E-state index in [4.69, 9.17) is 4.74 Å². The minimum Gasteiger partial charge on any atom is -0.461 e. The van der Waals surface area contributed by atoms with Crippen LogP contribution in [0.25, 0.3) is 0 Å². The van der Waals surface area contributed by atoms with Gasteiger partial charge >= 0.3 is 5.97 Å². The topological polar surface area (TPSA) is 55.4 Å². The Morgan fingerprint density at radius 3 is 2.59 bits per heavy atom. The van der Waals surface area contributed by atoms with Gasteiger partial charge in [0.15, 0.2) is 0 Å². The summed E-state index contributed by atoms with van der Waals surface area (Å²) < 4.78 is 6.25. The number of fused-ring (bicyclic) bond motifs is 1. The van der Waals surface area contributed by atoms with Gasteiger partial charge in [-0.05, 0) is 70.1 Å². The Kier molecular flexibility index (Phi) is 5.83. The summed E-state index contributed by atoms with van der Waals surface area (Å²) in [7, 11) is 0. The lowest BCUT2D eigenvalue weighted by Gasteiger charge is -2.39. The monoisotopic (exact) mass is 401 g/mol. The number of hydrogen-bond donors (Lipinski definition) is 1. The van der Waals surface area contributed by atoms with Crippen molar-refractivity contribution in [3.05, 3.63) is 11.6 Å². The van der Waals surface area contributed by atoms with Crippen LogP contribution in [-0.2, 0) is 14.3 Å². The van der Waals surface area contributed by atoms with E-state index < -0.39 is 0 Å². The number of ether oxygens (including phenoxy) is 1. The van der Waals surface area contributed by atoms with Crippen molar-refractivity contribution in [1.82, 2.24) is 5.32 Å². The molecule has 4 aliphatic rings. The van der Waals surface area contributed by atoms with E-state index >= 15 is 0 Å². The molecule has 0 heterocycles. The Morgan fingerprint density at radius 2 is 1.83 bits per heavy atom. The van der Waals surface area contributed by atoms with Crippen LogP contribution in [0.1, 0.15) is 97.8 Å². The molecule has 0 saturated heterocycles. The number of allylic oxidation sites excluding steroid dienone is 2. The summed E-state index contributed by atoms with van der Waals surface area (Å²) in [5.41, 5.74) is 1.16. The number of carbonyl (C=O) groups excluding carboxylic acids is 2. The van der Waals surface area contributed by atoms with E-state index in [-0.39, 0.29) is 40.8 Å². The van der Waals surface area contributed by atoms with E-state index in [9.17, 15) is 9.59 Å². The van der Waals surface area contributed by atoms with E-state index in [1.165, 1.54) is 25.7 Å². The molecule has 3 saturated carbocycles. The van der Waals surface area contributed by atoms with E-state index in [2.05, 4.69) is 11.4 Å². The second-order valence-electron chi connectivity index (χ2n) is 11.1. The first-order chi connectivity index (χ1) is 13.8. The normalized spacial score (nSPS) is 37.1. The van der Waals surface area contributed by atoms with Gasteiger partial charge in [0.1, 0.15) is 6.10 Å². The van der Waals surface area contributed by atoms with E-state index in [0.717, 1.165) is 51.4 Å². The van der Waals surface area contributed by atoms with Gasteiger partial charge in [-0.15, -0.1) is 0 Å². The summed E-state index contributed by atoms with van der Waals surface area (Å²) in [6, 6.07) is 0.144. The fourth-order valence-electron chi connectivity index (χ4n) is 6.42. The van der Waals surface area contributed by atoms with Crippen LogP contribution in [0, 0.1) is 22.7 Å². The third-order valence-corrected chi connectivity index (χ3v) is 8.18. The highest BCUT2D eigenvalue weighted by molar-refractivity contribution is 5.81. The first kappa shape index (κ1) is 20.9. The Morgan fingerprint density at radius 1 is 1.07 bits per heavy atom. The molecule has 1 N–H and O–H groups in total. The minimum absolute atomic E-state index is 0.0185. The third-order valence-electron chi connectivity index (χ3n) is 8.18. The highest BCUT2D eigenvalue weighted by Crippen LogP contribution is 2.52. The molecule has 29 heavy (non-hydrogen) atoms. The fraction of sp³-hybridized carbons (Fsp3) is 0.840. The third kappa shape index (κ3) is 4.14. The Labute approximate surface area is 176 Å². The predicted molar refractivity (Wildman–Crippen MR) is 114 cm³/mol. The van der Waals surface area contributed by atoms with Gasteiger partial charge in [0, 0.05) is 16.9 Å². The molecule has 0 aromatic rings. The van der Waals surface area contributed by atoms with Gasteiger partial charge in [0.05, 0.1) is 5.92 Å². The fourth-order valence-corrected chi connectivity index (χ4v) is 6.42. The molecule has 0 aromatic heterocycles. The Hall–Kier alpha value is -1.32. The molecular formula is C25H39NO3. The van der Waals surface area contributed by atoms with E-state index in [1.54, 1.807) is 5.57 Å². The quantitative estimate of drug-likeness (QED) is 0.515. The zero-order valence-corrected chi connectivity index (χ0v) is 18.6. The number of amides is 1. The first-order valence-corrected chi connectivity index (χ1v) is 12.0. The summed E-state index contributed by atoms with van der Waals surface area (Å²) in [6.45, 7) is 5.89. The number of hydrogen-bond acceptors (Lipinski definition) is 3. The minimum atomic E-state index is -0.388. The average Bonchev–Trinajstić information content (AvgIpc) is 3.28. The molecule has 4 nitrogen and oxygen atoms in total. The highest BCUT2D eigenvalue weighted by Gasteiger charge is 2.54. The van der Waals surface area contributed by atoms with Gasteiger partial charge in [-0.2, -0.15) is 0 Å². The molecule has 4 heteroatoms. The van der Waals surface area contributed by atoms with Gasteiger partial charge in [-0.25, -0.2) is 0 Å². The first-order valence-electron chi connectivity index (χ1n) is 12.0. The molecule has 162 valence electrons. The van der Waals surface area contributed by atoms with Crippen LogP contribution in [0.4, 0.5) is 0 Å². The maximum atomic E-state index is 13.1. The molecular weight excluding hydrogens is 362 g/mol. The Balaban J connectivity index is 1.42. The van der Waals surface area contributed by atoms with Crippen LogP contribution in [0.5, 0.6) is 0 Å². The van der Waals surface area contributed by atoms with Crippen molar-refractivity contribution in [3.8, 4) is 0 Å². The molecule has 4 rings (SSSR count). The average molecular weight is 402 g/mol. The van der Waals surface area contributed by atoms with Crippen LogP contribution in [0.2, 0.25) is 0 Å². The van der Waals surface area contributed by atoms with E-state index in [0.29, 0.717) is 5.92 Å². The van der Waals surface area contributed by atoms with Crippen LogP contribution in [0.3, 0.4) is 0 Å². The van der Waals surface area contributed by atoms with Crippen molar-refractivity contribution >= 4 is 11.9 Å². The van der Waals surface area contributed by atoms with Gasteiger partial charge in [0.2, 0.25) is 5.91 Å². The maximum Gasteiger partial charge on any atom is 0.309 e. The lowest BCUT2D eigenvalue weighted by molar-refractivity contribution is -0.161. The van der Waals surface area contributed by atoms with Crippen LogP contribution in [0.15, 0.2) is 11.6 Å². The zero-order valence-electron chi connectivity index (χ0n) is 18.6. The molecule has 4 aliphatic carbocycles. The van der Waals surface area contributed by atoms with Crippen LogP contribution in [-0.4, -0.2) is 24.0 Å². The van der Waals surface area contributed by atoms with Gasteiger partial charge < -0.3 is 10.1 Å². The number of carbonyl (C=O) groups is 2. The van der Waals surface area contributed by atoms with Gasteiger partial charge in [0.25, 0.3) is 0 Å². The molecule has 1 spiro atoms. The maximum absolute atomic E-state index is 13.1. The van der Waals surface area contributed by atoms with Crippen molar-refractivity contribution < 1.29 is 14.3 Å². The summed E-state index contributed by atoms with van der Waals surface area (Å²) in [6.07, 6.45) is 15.5. The smallest absolute Gasteiger partial charge is 0.309 e. The van der Waals surface area contributed by atoms with Crippen molar-refractivity contribution in [2.45, 2.75) is 110 Å². The number of nitrogens with one attached hydrogen (secondary N) is 1. The molecule has 0 aromatic carbocycles. The Bertz CT molecular complexity index is 672. The summed E-state index contributed by atoms with van der Waals surface area (Å²) in [5.74, 6) is 0.773. The molecule has 0 bridgehead atoms. The van der Waals surface area contributed by atoms with Crippen molar-refractivity contribution in [1.29, 1.82) is 0 Å². The standard InChI is InChI=1S/C25H39NO3/c1-24(2,3)23(28)26-20-10-6-14-25(20)15-7-11-21(25)29-22(27)19-13-12-17-8-4-5-9-18(17)16-19/h12,18-21H,4-11,13-16H2,1-3H3,(H,26,28)/t18?,19-,20+,21+,25+/m0/s1. The van der Waals surface area contributed by atoms with Gasteiger partial charge in [-0.1, -0.05) is 45.3 Å². The molecule has 3 fully saturated rings. The van der Waals surface area contributed by atoms with Crippen molar-refractivity contribution in [2.75, 3.05) is 0 Å². The van der Waals surface area contributed by atoms with Gasteiger partial charge in [-0.3, -0.25) is 9.59 Å². The second-order valence-corrected chi connectivity index (χ2v) is 11.1.